The highest BCUT2D eigenvalue weighted by atomic mass is 16.4. The largest absolute Gasteiger partial charge is 0.457 e. The normalized spacial score (nSPS) is 13.6. The van der Waals surface area contributed by atoms with Crippen molar-refractivity contribution < 1.29 is 35.9 Å². The molecule has 0 atom stereocenters. The zero-order valence-electron chi connectivity index (χ0n) is 68.0. The molecule has 0 fully saturated rings. The van der Waals surface area contributed by atoms with Gasteiger partial charge in [-0.25, -0.2) is 28.2 Å². The van der Waals surface area contributed by atoms with E-state index in [0.29, 0.717) is 11.4 Å². The fourth-order valence-electron chi connectivity index (χ4n) is 17.8. The van der Waals surface area contributed by atoms with E-state index in [1.54, 1.807) is 12.4 Å². The molecule has 0 radical (unpaired) electrons. The number of hydrogen-bond donors (Lipinski definition) is 0. The molecular formula is C97H92B4N10O4+4. The van der Waals surface area contributed by atoms with Crippen molar-refractivity contribution in [2.24, 2.45) is 28.2 Å². The van der Waals surface area contributed by atoms with Crippen LogP contribution in [0.1, 0.15) is 67.0 Å². The fourth-order valence-corrected chi connectivity index (χ4v) is 17.8. The number of rotatable bonds is 8. The minimum atomic E-state index is 0.0710. The second-order valence-electron chi connectivity index (χ2n) is 30.9. The Balaban J connectivity index is 0.000000111. The van der Waals surface area contributed by atoms with Crippen molar-refractivity contribution in [1.82, 2.24) is 9.97 Å². The number of para-hydroxylation sites is 2. The van der Waals surface area contributed by atoms with Crippen LogP contribution in [0.2, 0.25) is 27.3 Å². The fraction of sp³-hybridized carbons (Fsp3) is 0.155. The average Bonchev–Trinajstić information content (AvgIpc) is 1.59. The number of aromatic nitrogens is 6. The van der Waals surface area contributed by atoms with Crippen molar-refractivity contribution in [2.75, 3.05) is 19.2 Å². The van der Waals surface area contributed by atoms with Gasteiger partial charge >= 0.3 is 27.4 Å². The lowest BCUT2D eigenvalue weighted by molar-refractivity contribution is -0.658. The predicted molar refractivity (Wildman–Crippen MR) is 476 cm³/mol. The molecule has 0 N–H and O–H groups in total. The van der Waals surface area contributed by atoms with Crippen LogP contribution in [0.15, 0.2) is 302 Å². The lowest BCUT2D eigenvalue weighted by atomic mass is 9.53. The van der Waals surface area contributed by atoms with Gasteiger partial charge in [0.15, 0.2) is 0 Å². The lowest BCUT2D eigenvalue weighted by Crippen LogP contribution is -2.52. The van der Waals surface area contributed by atoms with E-state index in [1.807, 2.05) is 42.5 Å². The number of furan rings is 4. The summed E-state index contributed by atoms with van der Waals surface area (Å²) < 4.78 is 33.4. The maximum Gasteiger partial charge on any atom is 0.447 e. The van der Waals surface area contributed by atoms with Gasteiger partial charge in [0, 0.05) is 98.0 Å². The first kappa shape index (κ1) is 74.5. The van der Waals surface area contributed by atoms with Gasteiger partial charge in [0.25, 0.3) is 23.3 Å². The third-order valence-electron chi connectivity index (χ3n) is 23.3. The first-order chi connectivity index (χ1) is 55.8. The third-order valence-corrected chi connectivity index (χ3v) is 23.3. The first-order valence-electron chi connectivity index (χ1n) is 39.7. The number of benzene rings is 6. The highest BCUT2D eigenvalue weighted by Gasteiger charge is 2.45. The molecule has 0 unspecified atom stereocenters. The quantitative estimate of drug-likeness (QED) is 0.108. The number of aryl methyl sites for hydroxylation is 7. The molecule has 20 rings (SSSR count). The highest BCUT2D eigenvalue weighted by Crippen LogP contribution is 2.38. The molecule has 14 heterocycles. The van der Waals surface area contributed by atoms with Crippen molar-refractivity contribution >= 4 is 141 Å². The SMILES string of the molecule is CB1c2c(oc3ccccc23)C=C(C)N1c1cc(-c2ccccc2)c(C)c[n+]1C.CB1c2c(oc3ccccc23)C=C(C)N1c1cc(C)c(-c2ccccc2)c[n+]1C.CB1c2oc3ncccc3c2C=C(C)N1c1cc(-c2ccccc2)c(C)c[n+]1C.CB1c2oc3ncccc3c2C=C(C)N1c1cc(-c2ccccc2)cc[n+]1C. The molecule has 16 aromatic rings. The summed E-state index contributed by atoms with van der Waals surface area (Å²) in [6, 6.07) is 78.2. The number of allylic oxidation sites excluding steroid dienone is 4. The van der Waals surface area contributed by atoms with E-state index in [0.717, 1.165) is 67.5 Å². The Labute approximate surface area is 674 Å². The Kier molecular flexibility index (Phi) is 19.9. The molecule has 0 saturated heterocycles. The van der Waals surface area contributed by atoms with Crippen LogP contribution in [0.25, 0.3) is 113 Å². The number of fused-ring (bicyclic) bond motifs is 12. The van der Waals surface area contributed by atoms with Gasteiger partial charge in [-0.3, -0.25) is 19.2 Å². The van der Waals surface area contributed by atoms with Crippen molar-refractivity contribution in [3.05, 3.63) is 324 Å². The van der Waals surface area contributed by atoms with E-state index in [4.69, 9.17) is 17.7 Å². The van der Waals surface area contributed by atoms with Gasteiger partial charge in [-0.05, 0) is 186 Å². The maximum absolute atomic E-state index is 6.17. The molecule has 115 heavy (non-hydrogen) atoms. The van der Waals surface area contributed by atoms with Crippen LogP contribution in [0, 0.1) is 20.8 Å². The minimum absolute atomic E-state index is 0.0710. The van der Waals surface area contributed by atoms with Gasteiger partial charge in [-0.1, -0.05) is 158 Å². The molecule has 0 amide bonds. The lowest BCUT2D eigenvalue weighted by Gasteiger charge is -2.27. The summed E-state index contributed by atoms with van der Waals surface area (Å²) in [7, 11) is 8.44. The number of pyridine rings is 6. The number of nitrogens with zero attached hydrogens (tertiary/aromatic N) is 10. The van der Waals surface area contributed by atoms with E-state index >= 15 is 0 Å². The van der Waals surface area contributed by atoms with Gasteiger partial charge in [0.05, 0.1) is 75.8 Å². The summed E-state index contributed by atoms with van der Waals surface area (Å²) in [4.78, 5) is 18.3. The molecule has 10 aromatic heterocycles. The predicted octanol–water partition coefficient (Wildman–Crippen LogP) is 18.2. The van der Waals surface area contributed by atoms with Crippen LogP contribution in [0.4, 0.5) is 23.3 Å². The Bertz CT molecular complexity index is 6560. The monoisotopic (exact) mass is 1500 g/mol. The molecule has 562 valence electrons. The van der Waals surface area contributed by atoms with E-state index in [1.165, 1.54) is 117 Å². The second kappa shape index (κ2) is 30.7. The average molecular weight is 1510 g/mol. The molecular weight excluding hydrogens is 1410 g/mol. The van der Waals surface area contributed by atoms with Gasteiger partial charge in [-0.15, -0.1) is 0 Å². The summed E-state index contributed by atoms with van der Waals surface area (Å²) in [5, 5.41) is 4.54. The van der Waals surface area contributed by atoms with E-state index in [2.05, 4.69) is 383 Å². The maximum atomic E-state index is 6.17. The van der Waals surface area contributed by atoms with Gasteiger partial charge < -0.3 is 17.7 Å². The summed E-state index contributed by atoms with van der Waals surface area (Å²) in [5.41, 5.74) is 28.5. The van der Waals surface area contributed by atoms with Gasteiger partial charge in [-0.2, -0.15) is 0 Å². The highest BCUT2D eigenvalue weighted by molar-refractivity contribution is 6.80. The molecule has 6 aromatic carbocycles. The molecule has 4 aliphatic rings. The van der Waals surface area contributed by atoms with E-state index in [-0.39, 0.29) is 27.4 Å². The minimum Gasteiger partial charge on any atom is -0.457 e. The molecule has 0 aliphatic carbocycles. The van der Waals surface area contributed by atoms with Crippen LogP contribution in [-0.4, -0.2) is 37.4 Å². The Hall–Kier alpha value is -13.2. The van der Waals surface area contributed by atoms with Crippen molar-refractivity contribution in [1.29, 1.82) is 0 Å². The van der Waals surface area contributed by atoms with Gasteiger partial charge in [0.2, 0.25) is 11.4 Å². The summed E-state index contributed by atoms with van der Waals surface area (Å²) in [5.74, 6) is 6.57. The van der Waals surface area contributed by atoms with E-state index < -0.39 is 0 Å². The first-order valence-corrected chi connectivity index (χ1v) is 39.7. The number of hydrogen-bond acceptors (Lipinski definition) is 10. The Morgan fingerprint density at radius 1 is 0.304 bits per heavy atom. The second-order valence-corrected chi connectivity index (χ2v) is 30.9. The molecule has 0 spiro atoms. The third kappa shape index (κ3) is 13.7. The molecule has 0 bridgehead atoms. The summed E-state index contributed by atoms with van der Waals surface area (Å²) >= 11 is 0. The van der Waals surface area contributed by atoms with Crippen LogP contribution >= 0.6 is 0 Å². The van der Waals surface area contributed by atoms with E-state index in [9.17, 15) is 0 Å². The van der Waals surface area contributed by atoms with Crippen molar-refractivity contribution in [3.8, 4) is 44.5 Å². The van der Waals surface area contributed by atoms with Crippen LogP contribution in [0.5, 0.6) is 0 Å². The summed E-state index contributed by atoms with van der Waals surface area (Å²) in [6.45, 7) is 24.6. The molecule has 4 aliphatic heterocycles. The van der Waals surface area contributed by atoms with Crippen LogP contribution in [0.3, 0.4) is 0 Å². The topological polar surface area (TPSA) is 107 Å². The summed E-state index contributed by atoms with van der Waals surface area (Å²) in [6.07, 6.45) is 21.1. The molecule has 18 heteroatoms. The van der Waals surface area contributed by atoms with Crippen molar-refractivity contribution in [2.45, 2.75) is 75.8 Å². The standard InChI is InChI=1S/2C25H24BN2O.C24H23BN3O.C23H21BN3O/c1-17-16-27(4)24(15-21(17)19-10-6-5-7-11-19)28-18(2)14-23-25(26(28)3)20-12-8-9-13-22(20)29-23;1-17-14-24(27(4)16-21(17)19-10-6-5-7-11-19)28-18(2)15-23-25(26(28)3)20-12-8-9-13-22(20)29-23;1-16-15-27(4)22(14-20(16)18-9-6-5-7-10-18)28-17(2)13-21-19-11-8-12-26-24(19)29-23(21)25(28)3;1-16-14-20-19-10-7-12-25-23(19)28-22(20)24(2)27(16)21-15-18(11-13-26(21)3)17-8-5-4-6-9-17/h2*5-16H,1-4H3;5-15H,1-4H3;4-15H,1-3H3/q4*+1. The van der Waals surface area contributed by atoms with Gasteiger partial charge in [0.1, 0.15) is 34.0 Å². The molecule has 0 saturated carbocycles. The zero-order chi connectivity index (χ0) is 79.6. The Morgan fingerprint density at radius 3 is 1.10 bits per heavy atom. The zero-order valence-corrected chi connectivity index (χ0v) is 68.0. The number of anilines is 4. The van der Waals surface area contributed by atoms with Crippen LogP contribution < -0.4 is 59.8 Å². The Morgan fingerprint density at radius 2 is 0.661 bits per heavy atom. The van der Waals surface area contributed by atoms with Crippen molar-refractivity contribution in [3.63, 3.8) is 0 Å². The smallest absolute Gasteiger partial charge is 0.447 e. The van der Waals surface area contributed by atoms with Crippen LogP contribution in [-0.2, 0) is 28.2 Å². The molecule has 14 nitrogen and oxygen atoms in total.